The molecule has 2 heteroatoms. The van der Waals surface area contributed by atoms with Crippen molar-refractivity contribution in [3.63, 3.8) is 0 Å². The summed E-state index contributed by atoms with van der Waals surface area (Å²) in [6.07, 6.45) is 2.78. The number of nitrogens with zero attached hydrogens (tertiary/aromatic N) is 1. The molecule has 1 amide bonds. The fourth-order valence-electron chi connectivity index (χ4n) is 1.08. The van der Waals surface area contributed by atoms with Crippen molar-refractivity contribution >= 4 is 5.91 Å². The molecule has 0 bridgehead atoms. The molecule has 0 aromatic heterocycles. The molecule has 0 saturated heterocycles. The summed E-state index contributed by atoms with van der Waals surface area (Å²) in [5.74, 6) is 0.313. The monoisotopic (exact) mass is 169 g/mol. The fourth-order valence-corrected chi connectivity index (χ4v) is 1.08. The van der Waals surface area contributed by atoms with E-state index in [9.17, 15) is 4.79 Å². The van der Waals surface area contributed by atoms with E-state index < -0.39 is 0 Å². The zero-order chi connectivity index (χ0) is 9.56. The largest absolute Gasteiger partial charge is 0.339 e. The zero-order valence-corrected chi connectivity index (χ0v) is 8.34. The van der Waals surface area contributed by atoms with Crippen molar-refractivity contribution < 1.29 is 4.79 Å². The molecule has 0 aliphatic heterocycles. The third-order valence-corrected chi connectivity index (χ3v) is 1.65. The van der Waals surface area contributed by atoms with Crippen LogP contribution < -0.4 is 0 Å². The molecule has 0 radical (unpaired) electrons. The Balaban J connectivity index is 4.08. The van der Waals surface area contributed by atoms with Gasteiger partial charge in [-0.1, -0.05) is 26.8 Å². The van der Waals surface area contributed by atoms with Gasteiger partial charge in [-0.2, -0.15) is 0 Å². The molecule has 2 nitrogen and oxygen atoms in total. The fraction of sp³-hybridized carbons (Fsp3) is 0.700. The van der Waals surface area contributed by atoms with Gasteiger partial charge in [-0.05, 0) is 6.42 Å². The molecule has 0 rings (SSSR count). The first-order valence-corrected chi connectivity index (χ1v) is 4.53. The number of amides is 1. The van der Waals surface area contributed by atoms with Crippen LogP contribution in [0.15, 0.2) is 12.7 Å². The lowest BCUT2D eigenvalue weighted by Crippen LogP contribution is -2.34. The molecular weight excluding hydrogens is 150 g/mol. The average molecular weight is 169 g/mol. The Morgan fingerprint density at radius 2 is 2.17 bits per heavy atom. The van der Waals surface area contributed by atoms with Gasteiger partial charge in [0.15, 0.2) is 0 Å². The van der Waals surface area contributed by atoms with E-state index in [2.05, 4.69) is 13.5 Å². The predicted molar refractivity (Wildman–Crippen MR) is 51.9 cm³/mol. The molecule has 0 aromatic rings. The first-order chi connectivity index (χ1) is 5.63. The molecule has 0 atom stereocenters. The molecule has 0 saturated carbocycles. The van der Waals surface area contributed by atoms with E-state index in [1.54, 1.807) is 6.08 Å². The average Bonchev–Trinajstić information content (AvgIpc) is 2.03. The molecule has 12 heavy (non-hydrogen) atoms. The maximum Gasteiger partial charge on any atom is 0.225 e. The van der Waals surface area contributed by atoms with E-state index in [1.165, 1.54) is 0 Å². The minimum atomic E-state index is 0.0940. The highest BCUT2D eigenvalue weighted by molar-refractivity contribution is 5.78. The molecule has 0 N–H and O–H groups in total. The molecule has 0 unspecified atom stereocenters. The van der Waals surface area contributed by atoms with Gasteiger partial charge in [-0.25, -0.2) is 0 Å². The number of rotatable bonds is 5. The predicted octanol–water partition coefficient (Wildman–Crippen LogP) is 2.07. The van der Waals surface area contributed by atoms with Crippen LogP contribution in [0.2, 0.25) is 0 Å². The molecule has 0 aliphatic carbocycles. The second kappa shape index (κ2) is 5.81. The topological polar surface area (TPSA) is 20.3 Å². The van der Waals surface area contributed by atoms with Gasteiger partial charge in [0.25, 0.3) is 0 Å². The van der Waals surface area contributed by atoms with Gasteiger partial charge in [0.2, 0.25) is 5.91 Å². The van der Waals surface area contributed by atoms with Crippen molar-refractivity contribution in [1.29, 1.82) is 0 Å². The summed E-state index contributed by atoms with van der Waals surface area (Å²) in [7, 11) is 0. The van der Waals surface area contributed by atoms with E-state index in [0.29, 0.717) is 6.54 Å². The highest BCUT2D eigenvalue weighted by Crippen LogP contribution is 2.02. The normalized spacial score (nSPS) is 10.0. The second-order valence-corrected chi connectivity index (χ2v) is 3.23. The summed E-state index contributed by atoms with van der Waals surface area (Å²) in [6, 6.07) is 0. The van der Waals surface area contributed by atoms with Crippen LogP contribution in [0.4, 0.5) is 0 Å². The maximum absolute atomic E-state index is 11.5. The van der Waals surface area contributed by atoms with Crippen molar-refractivity contribution in [2.75, 3.05) is 13.1 Å². The van der Waals surface area contributed by atoms with Gasteiger partial charge in [0, 0.05) is 19.0 Å². The van der Waals surface area contributed by atoms with E-state index in [0.717, 1.165) is 13.0 Å². The van der Waals surface area contributed by atoms with E-state index in [4.69, 9.17) is 0 Å². The van der Waals surface area contributed by atoms with Crippen LogP contribution in [0.5, 0.6) is 0 Å². The third-order valence-electron chi connectivity index (χ3n) is 1.65. The molecule has 0 aromatic carbocycles. The van der Waals surface area contributed by atoms with Gasteiger partial charge in [-0.15, -0.1) is 6.58 Å². The first kappa shape index (κ1) is 11.2. The highest BCUT2D eigenvalue weighted by Gasteiger charge is 2.13. The van der Waals surface area contributed by atoms with Crippen molar-refractivity contribution in [2.45, 2.75) is 27.2 Å². The van der Waals surface area contributed by atoms with E-state index in [-0.39, 0.29) is 11.8 Å². The Morgan fingerprint density at radius 3 is 2.50 bits per heavy atom. The van der Waals surface area contributed by atoms with Crippen molar-refractivity contribution in [3.05, 3.63) is 12.7 Å². The summed E-state index contributed by atoms with van der Waals surface area (Å²) in [5.41, 5.74) is 0. The third kappa shape index (κ3) is 3.56. The Morgan fingerprint density at radius 1 is 1.58 bits per heavy atom. The minimum absolute atomic E-state index is 0.0940. The summed E-state index contributed by atoms with van der Waals surface area (Å²) in [5, 5.41) is 0. The van der Waals surface area contributed by atoms with Crippen LogP contribution in [-0.4, -0.2) is 23.9 Å². The molecular formula is C10H19NO. The highest BCUT2D eigenvalue weighted by atomic mass is 16.2. The van der Waals surface area contributed by atoms with Crippen molar-refractivity contribution in [2.24, 2.45) is 5.92 Å². The Bertz CT molecular complexity index is 152. The van der Waals surface area contributed by atoms with Gasteiger partial charge >= 0.3 is 0 Å². The van der Waals surface area contributed by atoms with E-state index in [1.807, 2.05) is 18.7 Å². The van der Waals surface area contributed by atoms with Gasteiger partial charge in [-0.3, -0.25) is 4.79 Å². The summed E-state index contributed by atoms with van der Waals surface area (Å²) in [6.45, 7) is 11.1. The summed E-state index contributed by atoms with van der Waals surface area (Å²) in [4.78, 5) is 13.3. The molecule has 0 aliphatic rings. The summed E-state index contributed by atoms with van der Waals surface area (Å²) < 4.78 is 0. The van der Waals surface area contributed by atoms with Crippen LogP contribution in [-0.2, 0) is 4.79 Å². The maximum atomic E-state index is 11.5. The lowest BCUT2D eigenvalue weighted by atomic mass is 10.2. The summed E-state index contributed by atoms with van der Waals surface area (Å²) >= 11 is 0. The van der Waals surface area contributed by atoms with Crippen LogP contribution in [0.25, 0.3) is 0 Å². The van der Waals surface area contributed by atoms with Gasteiger partial charge in [0.1, 0.15) is 0 Å². The zero-order valence-electron chi connectivity index (χ0n) is 8.34. The number of carbonyl (C=O) groups is 1. The number of hydrogen-bond donors (Lipinski definition) is 0. The first-order valence-electron chi connectivity index (χ1n) is 4.53. The SMILES string of the molecule is C=CCN(CCC)C(=O)C(C)C. The molecule has 0 heterocycles. The molecule has 0 spiro atoms. The van der Waals surface area contributed by atoms with Crippen LogP contribution in [0, 0.1) is 5.92 Å². The van der Waals surface area contributed by atoms with E-state index >= 15 is 0 Å². The number of hydrogen-bond acceptors (Lipinski definition) is 1. The smallest absolute Gasteiger partial charge is 0.225 e. The van der Waals surface area contributed by atoms with Crippen molar-refractivity contribution in [1.82, 2.24) is 4.90 Å². The quantitative estimate of drug-likeness (QED) is 0.577. The van der Waals surface area contributed by atoms with Gasteiger partial charge in [0.05, 0.1) is 0 Å². The van der Waals surface area contributed by atoms with Gasteiger partial charge < -0.3 is 4.90 Å². The second-order valence-electron chi connectivity index (χ2n) is 3.23. The van der Waals surface area contributed by atoms with Crippen LogP contribution in [0.1, 0.15) is 27.2 Å². The molecule has 70 valence electrons. The molecule has 0 fully saturated rings. The Hall–Kier alpha value is -0.790. The van der Waals surface area contributed by atoms with Crippen molar-refractivity contribution in [3.8, 4) is 0 Å². The standard InChI is InChI=1S/C10H19NO/c1-5-7-11(8-6-2)10(12)9(3)4/h5,9H,1,6-8H2,2-4H3. The lowest BCUT2D eigenvalue weighted by molar-refractivity contribution is -0.133. The van der Waals surface area contributed by atoms with Crippen LogP contribution in [0.3, 0.4) is 0 Å². The number of carbonyl (C=O) groups excluding carboxylic acids is 1. The Kier molecular flexibility index (Phi) is 5.43. The van der Waals surface area contributed by atoms with Crippen LogP contribution >= 0.6 is 0 Å². The lowest BCUT2D eigenvalue weighted by Gasteiger charge is -2.22. The Labute approximate surface area is 75.3 Å². The minimum Gasteiger partial charge on any atom is -0.339 e.